The van der Waals surface area contributed by atoms with Gasteiger partial charge in [-0.15, -0.1) is 0 Å². The van der Waals surface area contributed by atoms with Crippen LogP contribution in [0, 0.1) is 5.92 Å². The summed E-state index contributed by atoms with van der Waals surface area (Å²) in [5.74, 6) is -1.19. The first kappa shape index (κ1) is 21.5. The average Bonchev–Trinajstić information content (AvgIpc) is 2.65. The third kappa shape index (κ3) is 6.69. The lowest BCUT2D eigenvalue weighted by Gasteiger charge is -2.22. The molecule has 0 aliphatic carbocycles. The Hall–Kier alpha value is -1.82. The van der Waals surface area contributed by atoms with E-state index in [1.54, 1.807) is 6.07 Å². The molecule has 0 saturated carbocycles. The van der Waals surface area contributed by atoms with Crippen molar-refractivity contribution in [2.24, 2.45) is 5.92 Å². The maximum Gasteiger partial charge on any atom is 0.475 e. The molecule has 0 aliphatic rings. The number of halogens is 1. The summed E-state index contributed by atoms with van der Waals surface area (Å²) in [5.41, 5.74) is 3.13. The Bertz CT molecular complexity index is 754. The number of amides is 1. The zero-order chi connectivity index (χ0) is 19.8. The van der Waals surface area contributed by atoms with Crippen LogP contribution in [0.2, 0.25) is 5.02 Å². The molecule has 2 atom stereocenters. The number of nitrogens with one attached hydrogen (secondary N) is 1. The maximum atomic E-state index is 12.7. The smallest absolute Gasteiger partial charge is 0.426 e. The fourth-order valence-corrected chi connectivity index (χ4v) is 3.35. The van der Waals surface area contributed by atoms with Gasteiger partial charge in [-0.1, -0.05) is 61.8 Å². The topological polar surface area (TPSA) is 69.6 Å². The highest BCUT2D eigenvalue weighted by Gasteiger charge is 2.28. The first-order chi connectivity index (χ1) is 12.9. The number of aryl methyl sites for hydroxylation is 1. The second-order valence-electron chi connectivity index (χ2n) is 6.85. The lowest BCUT2D eigenvalue weighted by Crippen LogP contribution is -2.49. The fourth-order valence-electron chi connectivity index (χ4n) is 3.13. The highest BCUT2D eigenvalue weighted by molar-refractivity contribution is 6.43. The van der Waals surface area contributed by atoms with Crippen molar-refractivity contribution in [1.29, 1.82) is 0 Å². The summed E-state index contributed by atoms with van der Waals surface area (Å²) in [6.07, 6.45) is 2.48. The van der Waals surface area contributed by atoms with Gasteiger partial charge in [-0.25, -0.2) is 0 Å². The Labute approximate surface area is 166 Å². The fraction of sp³-hybridized carbons (Fsp3) is 0.381. The first-order valence-electron chi connectivity index (χ1n) is 9.41. The van der Waals surface area contributed by atoms with E-state index in [4.69, 9.17) is 11.6 Å². The molecule has 144 valence electrons. The van der Waals surface area contributed by atoms with Gasteiger partial charge in [0.2, 0.25) is 5.91 Å². The molecular formula is C21H27BClNO3. The molecule has 0 spiro atoms. The van der Waals surface area contributed by atoms with E-state index in [0.29, 0.717) is 24.3 Å². The number of benzene rings is 2. The van der Waals surface area contributed by atoms with E-state index in [9.17, 15) is 14.8 Å². The summed E-state index contributed by atoms with van der Waals surface area (Å²) in [5, 5.41) is 23.0. The summed E-state index contributed by atoms with van der Waals surface area (Å²) >= 11 is 6.03. The van der Waals surface area contributed by atoms with E-state index in [1.165, 1.54) is 5.56 Å². The van der Waals surface area contributed by atoms with Gasteiger partial charge in [-0.2, -0.15) is 0 Å². The molecule has 2 unspecified atom stereocenters. The number of carbonyl (C=O) groups is 1. The van der Waals surface area contributed by atoms with Crippen molar-refractivity contribution in [3.8, 4) is 0 Å². The molecule has 27 heavy (non-hydrogen) atoms. The van der Waals surface area contributed by atoms with E-state index < -0.39 is 13.1 Å². The van der Waals surface area contributed by atoms with Gasteiger partial charge in [0.1, 0.15) is 0 Å². The Morgan fingerprint density at radius 1 is 1.04 bits per heavy atom. The first-order valence-corrected chi connectivity index (χ1v) is 9.79. The van der Waals surface area contributed by atoms with Crippen LogP contribution in [0.3, 0.4) is 0 Å². The van der Waals surface area contributed by atoms with Gasteiger partial charge < -0.3 is 15.4 Å². The zero-order valence-corrected chi connectivity index (χ0v) is 16.6. The van der Waals surface area contributed by atoms with Crippen molar-refractivity contribution in [2.45, 2.75) is 45.5 Å². The van der Waals surface area contributed by atoms with Crippen molar-refractivity contribution >= 4 is 24.6 Å². The molecule has 0 saturated heterocycles. The Morgan fingerprint density at radius 2 is 1.67 bits per heavy atom. The van der Waals surface area contributed by atoms with E-state index >= 15 is 0 Å². The quantitative estimate of drug-likeness (QED) is 0.579. The molecule has 2 aromatic rings. The van der Waals surface area contributed by atoms with E-state index in [-0.39, 0.29) is 11.8 Å². The second kappa shape index (κ2) is 10.5. The minimum Gasteiger partial charge on any atom is -0.426 e. The van der Waals surface area contributed by atoms with Crippen LogP contribution in [0.1, 0.15) is 37.0 Å². The van der Waals surface area contributed by atoms with E-state index in [0.717, 1.165) is 17.5 Å². The summed E-state index contributed by atoms with van der Waals surface area (Å²) in [7, 11) is -1.62. The monoisotopic (exact) mass is 387 g/mol. The average molecular weight is 388 g/mol. The van der Waals surface area contributed by atoms with Crippen molar-refractivity contribution < 1.29 is 14.8 Å². The molecule has 0 radical (unpaired) electrons. The van der Waals surface area contributed by atoms with Crippen LogP contribution >= 0.6 is 11.6 Å². The summed E-state index contributed by atoms with van der Waals surface area (Å²) < 4.78 is 0. The van der Waals surface area contributed by atoms with Crippen LogP contribution in [0.5, 0.6) is 0 Å². The molecule has 0 heterocycles. The summed E-state index contributed by atoms with van der Waals surface area (Å²) in [4.78, 5) is 12.7. The van der Waals surface area contributed by atoms with Crippen LogP contribution in [-0.4, -0.2) is 29.0 Å². The minimum atomic E-state index is -1.62. The molecule has 1 amide bonds. The van der Waals surface area contributed by atoms with Gasteiger partial charge >= 0.3 is 7.12 Å². The molecular weight excluding hydrogens is 361 g/mol. The van der Waals surface area contributed by atoms with Crippen molar-refractivity contribution in [2.75, 3.05) is 0 Å². The van der Waals surface area contributed by atoms with E-state index in [2.05, 4.69) is 12.2 Å². The Morgan fingerprint density at radius 3 is 2.26 bits per heavy atom. The van der Waals surface area contributed by atoms with Gasteiger partial charge in [-0.3, -0.25) is 4.79 Å². The van der Waals surface area contributed by atoms with Gasteiger partial charge in [0.15, 0.2) is 0 Å². The van der Waals surface area contributed by atoms with Crippen molar-refractivity contribution in [3.05, 3.63) is 70.2 Å². The molecule has 2 aromatic carbocycles. The number of rotatable bonds is 9. The summed E-state index contributed by atoms with van der Waals surface area (Å²) in [6, 6.07) is 15.4. The lowest BCUT2D eigenvalue weighted by molar-refractivity contribution is -0.125. The molecule has 3 N–H and O–H groups in total. The molecule has 0 aliphatic heterocycles. The van der Waals surface area contributed by atoms with Gasteiger partial charge in [-0.05, 0) is 54.5 Å². The standard InChI is InChI=1S/C21H27BClNO3/c1-3-15-7-5-8-16(11-15)14-20(22(26)27)24-21(25)18(4-2)12-17-9-6-10-19(23)13-17/h5-11,13,18,20,26-27H,3-4,12,14H2,1-2H3,(H,24,25). The van der Waals surface area contributed by atoms with Crippen LogP contribution in [-0.2, 0) is 24.1 Å². The largest absolute Gasteiger partial charge is 0.475 e. The molecule has 0 aromatic heterocycles. The number of hydrogen-bond acceptors (Lipinski definition) is 3. The van der Waals surface area contributed by atoms with E-state index in [1.807, 2.05) is 49.4 Å². The van der Waals surface area contributed by atoms with Gasteiger partial charge in [0.25, 0.3) is 0 Å². The zero-order valence-electron chi connectivity index (χ0n) is 15.9. The predicted octanol–water partition coefficient (Wildman–Crippen LogP) is 3.21. The number of carbonyl (C=O) groups excluding carboxylic acids is 1. The highest BCUT2D eigenvalue weighted by atomic mass is 35.5. The highest BCUT2D eigenvalue weighted by Crippen LogP contribution is 2.17. The third-order valence-corrected chi connectivity index (χ3v) is 5.01. The van der Waals surface area contributed by atoms with Crippen molar-refractivity contribution in [1.82, 2.24) is 5.32 Å². The van der Waals surface area contributed by atoms with Crippen LogP contribution in [0.15, 0.2) is 48.5 Å². The van der Waals surface area contributed by atoms with Gasteiger partial charge in [0.05, 0.1) is 5.94 Å². The maximum absolute atomic E-state index is 12.7. The molecule has 2 rings (SSSR count). The normalized spacial score (nSPS) is 13.1. The second-order valence-corrected chi connectivity index (χ2v) is 7.28. The third-order valence-electron chi connectivity index (χ3n) is 4.78. The number of hydrogen-bond donors (Lipinski definition) is 3. The minimum absolute atomic E-state index is 0.178. The van der Waals surface area contributed by atoms with Gasteiger partial charge in [0, 0.05) is 10.9 Å². The SMILES string of the molecule is CCc1cccc(CC(NC(=O)C(CC)Cc2cccc(Cl)c2)B(O)O)c1. The van der Waals surface area contributed by atoms with Crippen molar-refractivity contribution in [3.63, 3.8) is 0 Å². The Balaban J connectivity index is 2.05. The Kier molecular flexibility index (Phi) is 8.36. The molecule has 0 bridgehead atoms. The van der Waals surface area contributed by atoms with Crippen LogP contribution in [0.4, 0.5) is 0 Å². The lowest BCUT2D eigenvalue weighted by atomic mass is 9.75. The molecule has 6 heteroatoms. The summed E-state index contributed by atoms with van der Waals surface area (Å²) in [6.45, 7) is 4.02. The van der Waals surface area contributed by atoms with Crippen LogP contribution < -0.4 is 5.32 Å². The van der Waals surface area contributed by atoms with Crippen LogP contribution in [0.25, 0.3) is 0 Å². The molecule has 0 fully saturated rings. The predicted molar refractivity (Wildman–Crippen MR) is 111 cm³/mol. The molecule has 4 nitrogen and oxygen atoms in total.